The van der Waals surface area contributed by atoms with Gasteiger partial charge in [0.25, 0.3) is 5.91 Å². The van der Waals surface area contributed by atoms with Crippen molar-refractivity contribution in [2.75, 3.05) is 0 Å². The topological polar surface area (TPSA) is 90.2 Å². The lowest BCUT2D eigenvalue weighted by Gasteiger charge is -2.07. The van der Waals surface area contributed by atoms with Gasteiger partial charge < -0.3 is 9.73 Å². The van der Waals surface area contributed by atoms with Gasteiger partial charge in [-0.05, 0) is 36.4 Å². The second-order valence-corrected chi connectivity index (χ2v) is 6.37. The summed E-state index contributed by atoms with van der Waals surface area (Å²) < 4.78 is 8.88. The highest BCUT2D eigenvalue weighted by Gasteiger charge is 2.19. The molecule has 0 saturated carbocycles. The van der Waals surface area contributed by atoms with Crippen LogP contribution in [0.5, 0.6) is 0 Å². The van der Waals surface area contributed by atoms with Crippen molar-refractivity contribution in [1.29, 1.82) is 0 Å². The molecule has 0 bridgehead atoms. The molecule has 0 spiro atoms. The lowest BCUT2D eigenvalue weighted by molar-refractivity contribution is 0.0942. The van der Waals surface area contributed by atoms with Gasteiger partial charge in [0.05, 0.1) is 18.5 Å². The summed E-state index contributed by atoms with van der Waals surface area (Å²) in [5, 5.41) is 15.7. The SMILES string of the molecule is O=C(NCc1nnc2ccccn12)c1cc(-c2ccco2)nn1-c1ccccc1. The van der Waals surface area contributed by atoms with Crippen LogP contribution >= 0.6 is 0 Å². The normalized spacial score (nSPS) is 11.0. The fourth-order valence-corrected chi connectivity index (χ4v) is 3.11. The summed E-state index contributed by atoms with van der Waals surface area (Å²) in [6, 6.07) is 20.4. The van der Waals surface area contributed by atoms with Crippen molar-refractivity contribution in [3.8, 4) is 17.1 Å². The van der Waals surface area contributed by atoms with E-state index in [0.717, 1.165) is 11.3 Å². The molecular formula is C21H16N6O2. The molecule has 29 heavy (non-hydrogen) atoms. The minimum Gasteiger partial charge on any atom is -0.463 e. The van der Waals surface area contributed by atoms with E-state index in [2.05, 4.69) is 20.6 Å². The van der Waals surface area contributed by atoms with E-state index in [1.54, 1.807) is 23.1 Å². The predicted molar refractivity (Wildman–Crippen MR) is 105 cm³/mol. The van der Waals surface area contributed by atoms with Gasteiger partial charge in [0.1, 0.15) is 11.4 Å². The molecule has 8 heteroatoms. The number of nitrogens with zero attached hydrogens (tertiary/aromatic N) is 5. The van der Waals surface area contributed by atoms with E-state index in [9.17, 15) is 4.79 Å². The largest absolute Gasteiger partial charge is 0.463 e. The maximum Gasteiger partial charge on any atom is 0.270 e. The number of para-hydroxylation sites is 1. The zero-order valence-electron chi connectivity index (χ0n) is 15.3. The van der Waals surface area contributed by atoms with Crippen molar-refractivity contribution >= 4 is 11.6 Å². The van der Waals surface area contributed by atoms with E-state index < -0.39 is 0 Å². The molecule has 4 aromatic heterocycles. The number of pyridine rings is 1. The third-order valence-corrected chi connectivity index (χ3v) is 4.51. The minimum absolute atomic E-state index is 0.236. The Morgan fingerprint density at radius 2 is 1.86 bits per heavy atom. The van der Waals surface area contributed by atoms with Crippen LogP contribution in [0.25, 0.3) is 22.8 Å². The van der Waals surface area contributed by atoms with Crippen molar-refractivity contribution in [3.63, 3.8) is 0 Å². The van der Waals surface area contributed by atoms with Crippen molar-refractivity contribution in [3.05, 3.63) is 90.7 Å². The molecule has 5 rings (SSSR count). The quantitative estimate of drug-likeness (QED) is 0.503. The maximum absolute atomic E-state index is 13.0. The molecular weight excluding hydrogens is 368 g/mol. The number of benzene rings is 1. The number of rotatable bonds is 5. The smallest absolute Gasteiger partial charge is 0.270 e. The van der Waals surface area contributed by atoms with E-state index in [1.807, 2.05) is 65.2 Å². The standard InChI is InChI=1S/C21H16N6O2/c28-21(22-14-20-24-23-19-10-4-5-11-26(19)20)17-13-16(18-9-6-12-29-18)25-27(17)15-7-2-1-3-8-15/h1-13H,14H2,(H,22,28). The third kappa shape index (κ3) is 3.16. The molecule has 4 heterocycles. The Hall–Kier alpha value is -4.20. The van der Waals surface area contributed by atoms with E-state index in [1.165, 1.54) is 0 Å². The second-order valence-electron chi connectivity index (χ2n) is 6.37. The van der Waals surface area contributed by atoms with Gasteiger partial charge in [-0.1, -0.05) is 24.3 Å². The summed E-state index contributed by atoms with van der Waals surface area (Å²) in [5.41, 5.74) is 2.49. The van der Waals surface area contributed by atoms with Crippen molar-refractivity contribution in [2.45, 2.75) is 6.54 Å². The van der Waals surface area contributed by atoms with Crippen LogP contribution in [0.4, 0.5) is 0 Å². The molecule has 1 amide bonds. The number of hydrogen-bond acceptors (Lipinski definition) is 5. The Labute approximate surface area is 165 Å². The van der Waals surface area contributed by atoms with Gasteiger partial charge in [-0.25, -0.2) is 4.68 Å². The van der Waals surface area contributed by atoms with Crippen LogP contribution in [0.2, 0.25) is 0 Å². The Bertz CT molecular complexity index is 1270. The van der Waals surface area contributed by atoms with Gasteiger partial charge >= 0.3 is 0 Å². The molecule has 142 valence electrons. The maximum atomic E-state index is 13.0. The van der Waals surface area contributed by atoms with Crippen molar-refractivity contribution in [1.82, 2.24) is 29.7 Å². The number of fused-ring (bicyclic) bond motifs is 1. The summed E-state index contributed by atoms with van der Waals surface area (Å²) in [4.78, 5) is 13.0. The Kier molecular flexibility index (Phi) is 4.14. The molecule has 0 saturated heterocycles. The molecule has 0 aliphatic carbocycles. The highest BCUT2D eigenvalue weighted by atomic mass is 16.3. The van der Waals surface area contributed by atoms with E-state index in [-0.39, 0.29) is 12.5 Å². The summed E-state index contributed by atoms with van der Waals surface area (Å²) >= 11 is 0. The van der Waals surface area contributed by atoms with Crippen LogP contribution in [0.3, 0.4) is 0 Å². The van der Waals surface area contributed by atoms with E-state index >= 15 is 0 Å². The number of hydrogen-bond donors (Lipinski definition) is 1. The molecule has 1 aromatic carbocycles. The highest BCUT2D eigenvalue weighted by Crippen LogP contribution is 2.22. The predicted octanol–water partition coefficient (Wildman–Crippen LogP) is 3.11. The fraction of sp³-hybridized carbons (Fsp3) is 0.0476. The number of carbonyl (C=O) groups excluding carboxylic acids is 1. The third-order valence-electron chi connectivity index (χ3n) is 4.51. The van der Waals surface area contributed by atoms with Crippen LogP contribution in [0, 0.1) is 0 Å². The zero-order valence-corrected chi connectivity index (χ0v) is 15.3. The van der Waals surface area contributed by atoms with Crippen LogP contribution in [0.1, 0.15) is 16.3 Å². The fourth-order valence-electron chi connectivity index (χ4n) is 3.11. The Balaban J connectivity index is 1.46. The first-order valence-corrected chi connectivity index (χ1v) is 9.06. The first kappa shape index (κ1) is 16.9. The molecule has 0 aliphatic heterocycles. The number of amides is 1. The average molecular weight is 384 g/mol. The van der Waals surface area contributed by atoms with Gasteiger partial charge in [0.2, 0.25) is 0 Å². The number of aromatic nitrogens is 5. The van der Waals surface area contributed by atoms with Gasteiger partial charge in [-0.2, -0.15) is 5.10 Å². The van der Waals surface area contributed by atoms with Crippen LogP contribution in [0.15, 0.2) is 83.6 Å². The highest BCUT2D eigenvalue weighted by molar-refractivity contribution is 5.94. The second kappa shape index (κ2) is 7.08. The molecule has 0 atom stereocenters. The molecule has 0 aliphatic rings. The number of nitrogens with one attached hydrogen (secondary N) is 1. The first-order valence-electron chi connectivity index (χ1n) is 9.06. The van der Waals surface area contributed by atoms with Crippen molar-refractivity contribution < 1.29 is 9.21 Å². The van der Waals surface area contributed by atoms with Crippen LogP contribution in [-0.4, -0.2) is 30.3 Å². The lowest BCUT2D eigenvalue weighted by Crippen LogP contribution is -2.26. The van der Waals surface area contributed by atoms with Crippen LogP contribution in [-0.2, 0) is 6.54 Å². The van der Waals surface area contributed by atoms with Crippen LogP contribution < -0.4 is 5.32 Å². The Morgan fingerprint density at radius 3 is 2.69 bits per heavy atom. The van der Waals surface area contributed by atoms with Gasteiger partial charge in [0, 0.05) is 12.3 Å². The molecule has 0 radical (unpaired) electrons. The van der Waals surface area contributed by atoms with E-state index in [0.29, 0.717) is 23.0 Å². The molecule has 0 fully saturated rings. The van der Waals surface area contributed by atoms with Gasteiger partial charge in [-0.3, -0.25) is 9.20 Å². The zero-order chi connectivity index (χ0) is 19.6. The summed E-state index contributed by atoms with van der Waals surface area (Å²) in [5.74, 6) is 0.968. The van der Waals surface area contributed by atoms with Crippen molar-refractivity contribution in [2.24, 2.45) is 0 Å². The lowest BCUT2D eigenvalue weighted by atomic mass is 10.2. The Morgan fingerprint density at radius 1 is 1.00 bits per heavy atom. The van der Waals surface area contributed by atoms with Gasteiger partial charge in [-0.15, -0.1) is 10.2 Å². The summed E-state index contributed by atoms with van der Waals surface area (Å²) in [6.07, 6.45) is 3.44. The number of furan rings is 1. The summed E-state index contributed by atoms with van der Waals surface area (Å²) in [6.45, 7) is 0.236. The van der Waals surface area contributed by atoms with E-state index in [4.69, 9.17) is 4.42 Å². The summed E-state index contributed by atoms with van der Waals surface area (Å²) in [7, 11) is 0. The molecule has 8 nitrogen and oxygen atoms in total. The average Bonchev–Trinajstić information content (AvgIpc) is 3.52. The molecule has 1 N–H and O–H groups in total. The molecule has 0 unspecified atom stereocenters. The molecule has 5 aromatic rings. The first-order chi connectivity index (χ1) is 14.3. The minimum atomic E-state index is -0.271. The number of carbonyl (C=O) groups is 1. The van der Waals surface area contributed by atoms with Gasteiger partial charge in [0.15, 0.2) is 17.2 Å². The monoisotopic (exact) mass is 384 g/mol.